The molecule has 0 unspecified atom stereocenters. The van der Waals surface area contributed by atoms with Gasteiger partial charge < -0.3 is 4.90 Å². The lowest BCUT2D eigenvalue weighted by atomic mass is 10.2. The predicted octanol–water partition coefficient (Wildman–Crippen LogP) is 2.20. The SMILES string of the molecule is CCN(CC)c1ccc(-c2nccn2S(C)(=O)=O)cc1. The van der Waals surface area contributed by atoms with E-state index in [1.807, 2.05) is 24.3 Å². The second-order valence-electron chi connectivity index (χ2n) is 4.53. The average molecular weight is 293 g/mol. The van der Waals surface area contributed by atoms with Gasteiger partial charge in [-0.3, -0.25) is 0 Å². The third kappa shape index (κ3) is 2.85. The van der Waals surface area contributed by atoms with Gasteiger partial charge in [0, 0.05) is 36.7 Å². The zero-order valence-electron chi connectivity index (χ0n) is 11.9. The Hall–Kier alpha value is -1.82. The molecule has 0 spiro atoms. The first-order valence-electron chi connectivity index (χ1n) is 6.56. The van der Waals surface area contributed by atoms with Crippen LogP contribution in [0.4, 0.5) is 5.69 Å². The molecule has 0 amide bonds. The smallest absolute Gasteiger partial charge is 0.237 e. The molecule has 108 valence electrons. The quantitative estimate of drug-likeness (QED) is 0.848. The van der Waals surface area contributed by atoms with Gasteiger partial charge in [-0.2, -0.15) is 0 Å². The Kier molecular flexibility index (Phi) is 4.13. The van der Waals surface area contributed by atoms with Crippen molar-refractivity contribution in [2.45, 2.75) is 13.8 Å². The monoisotopic (exact) mass is 293 g/mol. The van der Waals surface area contributed by atoms with Crippen LogP contribution < -0.4 is 4.90 Å². The largest absolute Gasteiger partial charge is 0.372 e. The summed E-state index contributed by atoms with van der Waals surface area (Å²) in [6.45, 7) is 6.09. The Morgan fingerprint density at radius 1 is 1.15 bits per heavy atom. The summed E-state index contributed by atoms with van der Waals surface area (Å²) in [6, 6.07) is 7.78. The van der Waals surface area contributed by atoms with Gasteiger partial charge in [0.15, 0.2) is 5.82 Å². The number of nitrogens with zero attached hydrogens (tertiary/aromatic N) is 3. The van der Waals surface area contributed by atoms with Crippen LogP contribution >= 0.6 is 0 Å². The Bertz CT molecular complexity index is 671. The van der Waals surface area contributed by atoms with Gasteiger partial charge in [-0.05, 0) is 38.1 Å². The molecular formula is C14H19N3O2S. The number of benzene rings is 1. The summed E-state index contributed by atoms with van der Waals surface area (Å²) < 4.78 is 24.5. The maximum Gasteiger partial charge on any atom is 0.237 e. The Labute approximate surface area is 119 Å². The fraction of sp³-hybridized carbons (Fsp3) is 0.357. The second kappa shape index (κ2) is 5.66. The van der Waals surface area contributed by atoms with Gasteiger partial charge in [0.2, 0.25) is 10.0 Å². The highest BCUT2D eigenvalue weighted by Gasteiger charge is 2.13. The summed E-state index contributed by atoms with van der Waals surface area (Å²) in [5.74, 6) is 0.443. The number of aromatic nitrogens is 2. The van der Waals surface area contributed by atoms with E-state index in [2.05, 4.69) is 23.7 Å². The molecule has 0 aliphatic rings. The lowest BCUT2D eigenvalue weighted by molar-refractivity contribution is 0.594. The molecule has 5 nitrogen and oxygen atoms in total. The van der Waals surface area contributed by atoms with Crippen molar-refractivity contribution >= 4 is 15.7 Å². The Balaban J connectivity index is 2.39. The molecule has 2 aromatic rings. The second-order valence-corrected chi connectivity index (χ2v) is 6.39. The van der Waals surface area contributed by atoms with E-state index in [4.69, 9.17) is 0 Å². The fourth-order valence-corrected chi connectivity index (χ4v) is 2.91. The molecule has 0 aliphatic carbocycles. The van der Waals surface area contributed by atoms with Gasteiger partial charge in [0.05, 0.1) is 6.26 Å². The van der Waals surface area contributed by atoms with E-state index in [-0.39, 0.29) is 0 Å². The normalized spacial score (nSPS) is 11.6. The van der Waals surface area contributed by atoms with Crippen molar-refractivity contribution in [1.82, 2.24) is 8.96 Å². The molecule has 6 heteroatoms. The molecule has 0 bridgehead atoms. The average Bonchev–Trinajstić information content (AvgIpc) is 2.90. The van der Waals surface area contributed by atoms with Crippen LogP contribution in [0, 0.1) is 0 Å². The van der Waals surface area contributed by atoms with Crippen LogP contribution in [-0.4, -0.2) is 36.7 Å². The van der Waals surface area contributed by atoms with Crippen molar-refractivity contribution in [3.05, 3.63) is 36.7 Å². The highest BCUT2D eigenvalue weighted by molar-refractivity contribution is 7.89. The van der Waals surface area contributed by atoms with Crippen LogP contribution in [-0.2, 0) is 10.0 Å². The summed E-state index contributed by atoms with van der Waals surface area (Å²) in [5, 5.41) is 0. The molecule has 20 heavy (non-hydrogen) atoms. The molecule has 0 N–H and O–H groups in total. The summed E-state index contributed by atoms with van der Waals surface area (Å²) in [4.78, 5) is 6.37. The molecule has 1 aromatic carbocycles. The Morgan fingerprint density at radius 2 is 1.75 bits per heavy atom. The van der Waals surface area contributed by atoms with Crippen LogP contribution in [0.3, 0.4) is 0 Å². The van der Waals surface area contributed by atoms with E-state index in [0.29, 0.717) is 5.82 Å². The zero-order valence-corrected chi connectivity index (χ0v) is 12.8. The summed E-state index contributed by atoms with van der Waals surface area (Å²) in [7, 11) is -3.33. The molecule has 0 fully saturated rings. The van der Waals surface area contributed by atoms with Gasteiger partial charge in [0.25, 0.3) is 0 Å². The number of imidazole rings is 1. The van der Waals surface area contributed by atoms with E-state index in [1.165, 1.54) is 22.6 Å². The predicted molar refractivity (Wildman–Crippen MR) is 81.5 cm³/mol. The third-order valence-electron chi connectivity index (χ3n) is 3.22. The lowest BCUT2D eigenvalue weighted by Gasteiger charge is -2.21. The summed E-state index contributed by atoms with van der Waals surface area (Å²) >= 11 is 0. The zero-order chi connectivity index (χ0) is 14.8. The highest BCUT2D eigenvalue weighted by atomic mass is 32.2. The van der Waals surface area contributed by atoms with E-state index < -0.39 is 10.0 Å². The topological polar surface area (TPSA) is 55.2 Å². The van der Waals surface area contributed by atoms with Crippen LogP contribution in [0.25, 0.3) is 11.4 Å². The van der Waals surface area contributed by atoms with Crippen molar-refractivity contribution in [3.63, 3.8) is 0 Å². The summed E-state index contributed by atoms with van der Waals surface area (Å²) in [6.07, 6.45) is 4.13. The van der Waals surface area contributed by atoms with Crippen LogP contribution in [0.5, 0.6) is 0 Å². The lowest BCUT2D eigenvalue weighted by Crippen LogP contribution is -2.21. The number of rotatable bonds is 5. The number of hydrogen-bond acceptors (Lipinski definition) is 4. The minimum Gasteiger partial charge on any atom is -0.372 e. The van der Waals surface area contributed by atoms with Crippen LogP contribution in [0.1, 0.15) is 13.8 Å². The minimum atomic E-state index is -3.33. The third-order valence-corrected chi connectivity index (χ3v) is 4.23. The van der Waals surface area contributed by atoms with Gasteiger partial charge in [-0.25, -0.2) is 17.4 Å². The molecule has 1 heterocycles. The van der Waals surface area contributed by atoms with Crippen molar-refractivity contribution in [2.24, 2.45) is 0 Å². The van der Waals surface area contributed by atoms with E-state index in [1.54, 1.807) is 0 Å². The molecular weight excluding hydrogens is 274 g/mol. The van der Waals surface area contributed by atoms with Crippen LogP contribution in [0.2, 0.25) is 0 Å². The van der Waals surface area contributed by atoms with Gasteiger partial charge in [0.1, 0.15) is 0 Å². The van der Waals surface area contributed by atoms with Gasteiger partial charge in [-0.15, -0.1) is 0 Å². The Morgan fingerprint density at radius 3 is 2.25 bits per heavy atom. The van der Waals surface area contributed by atoms with Gasteiger partial charge >= 0.3 is 0 Å². The molecule has 1 aromatic heterocycles. The maximum atomic E-state index is 11.7. The van der Waals surface area contributed by atoms with Gasteiger partial charge in [-0.1, -0.05) is 0 Å². The minimum absolute atomic E-state index is 0.443. The van der Waals surface area contributed by atoms with E-state index in [0.717, 1.165) is 24.3 Å². The van der Waals surface area contributed by atoms with E-state index >= 15 is 0 Å². The summed E-state index contributed by atoms with van der Waals surface area (Å²) in [5.41, 5.74) is 1.91. The first-order valence-corrected chi connectivity index (χ1v) is 8.41. The van der Waals surface area contributed by atoms with Crippen LogP contribution in [0.15, 0.2) is 36.7 Å². The maximum absolute atomic E-state index is 11.7. The van der Waals surface area contributed by atoms with Crippen molar-refractivity contribution in [3.8, 4) is 11.4 Å². The molecule has 0 saturated carbocycles. The van der Waals surface area contributed by atoms with E-state index in [9.17, 15) is 8.42 Å². The van der Waals surface area contributed by atoms with Crippen molar-refractivity contribution < 1.29 is 8.42 Å². The highest BCUT2D eigenvalue weighted by Crippen LogP contribution is 2.22. The molecule has 2 rings (SSSR count). The molecule has 0 saturated heterocycles. The van der Waals surface area contributed by atoms with Crippen molar-refractivity contribution in [1.29, 1.82) is 0 Å². The number of anilines is 1. The fourth-order valence-electron chi connectivity index (χ4n) is 2.17. The molecule has 0 aliphatic heterocycles. The molecule has 0 radical (unpaired) electrons. The van der Waals surface area contributed by atoms with Crippen molar-refractivity contribution in [2.75, 3.05) is 24.2 Å². The molecule has 0 atom stereocenters. The first-order chi connectivity index (χ1) is 9.47. The standard InChI is InChI=1S/C14H19N3O2S/c1-4-16(5-2)13-8-6-12(7-9-13)14-15-10-11-17(14)20(3,18)19/h6-11H,4-5H2,1-3H3. The first kappa shape index (κ1) is 14.6. The number of hydrogen-bond donors (Lipinski definition) is 0.